The maximum Gasteiger partial charge on any atom is 0.341 e. The van der Waals surface area contributed by atoms with Gasteiger partial charge in [-0.3, -0.25) is 9.48 Å². The number of rotatable bonds is 6. The molecule has 0 radical (unpaired) electrons. The molecule has 0 unspecified atom stereocenters. The first kappa shape index (κ1) is 18.5. The SMILES string of the molecule is COC(=O)c1cc(CNC(=O)Cc2c(C)nn(C)c2C)ccc1OC. The zero-order valence-corrected chi connectivity index (χ0v) is 15.2. The lowest BCUT2D eigenvalue weighted by Gasteiger charge is -2.10. The fourth-order valence-corrected chi connectivity index (χ4v) is 2.63. The summed E-state index contributed by atoms with van der Waals surface area (Å²) in [6, 6.07) is 5.14. The van der Waals surface area contributed by atoms with Crippen molar-refractivity contribution < 1.29 is 19.1 Å². The molecule has 0 spiro atoms. The highest BCUT2D eigenvalue weighted by atomic mass is 16.5. The Morgan fingerprint density at radius 3 is 2.52 bits per heavy atom. The summed E-state index contributed by atoms with van der Waals surface area (Å²) in [5, 5.41) is 7.18. The smallest absolute Gasteiger partial charge is 0.341 e. The third kappa shape index (κ3) is 4.17. The highest BCUT2D eigenvalue weighted by Gasteiger charge is 2.15. The van der Waals surface area contributed by atoms with E-state index in [0.717, 1.165) is 22.5 Å². The lowest BCUT2D eigenvalue weighted by Crippen LogP contribution is -2.25. The maximum atomic E-state index is 12.2. The van der Waals surface area contributed by atoms with Crippen LogP contribution < -0.4 is 10.1 Å². The monoisotopic (exact) mass is 345 g/mol. The van der Waals surface area contributed by atoms with Crippen molar-refractivity contribution in [2.24, 2.45) is 7.05 Å². The van der Waals surface area contributed by atoms with E-state index in [0.29, 0.717) is 17.9 Å². The molecule has 1 amide bonds. The van der Waals surface area contributed by atoms with E-state index in [9.17, 15) is 9.59 Å². The molecular weight excluding hydrogens is 322 g/mol. The van der Waals surface area contributed by atoms with Crippen LogP contribution in [0.2, 0.25) is 0 Å². The number of ether oxygens (including phenoxy) is 2. The average Bonchev–Trinajstić information content (AvgIpc) is 2.85. The van der Waals surface area contributed by atoms with Gasteiger partial charge in [0.15, 0.2) is 0 Å². The lowest BCUT2D eigenvalue weighted by molar-refractivity contribution is -0.120. The predicted molar refractivity (Wildman–Crippen MR) is 92.6 cm³/mol. The minimum atomic E-state index is -0.480. The van der Waals surface area contributed by atoms with Crippen molar-refractivity contribution in [1.29, 1.82) is 0 Å². The molecule has 25 heavy (non-hydrogen) atoms. The van der Waals surface area contributed by atoms with Crippen LogP contribution in [-0.4, -0.2) is 35.9 Å². The first-order valence-corrected chi connectivity index (χ1v) is 7.88. The van der Waals surface area contributed by atoms with Gasteiger partial charge in [0.1, 0.15) is 11.3 Å². The molecule has 7 nitrogen and oxygen atoms in total. The Morgan fingerprint density at radius 1 is 1.24 bits per heavy atom. The van der Waals surface area contributed by atoms with Crippen molar-refractivity contribution >= 4 is 11.9 Å². The van der Waals surface area contributed by atoms with Gasteiger partial charge in [-0.05, 0) is 31.5 Å². The topological polar surface area (TPSA) is 82.5 Å². The van der Waals surface area contributed by atoms with Crippen molar-refractivity contribution in [2.45, 2.75) is 26.8 Å². The van der Waals surface area contributed by atoms with Crippen LogP contribution >= 0.6 is 0 Å². The van der Waals surface area contributed by atoms with Crippen LogP contribution in [0.25, 0.3) is 0 Å². The number of hydrogen-bond acceptors (Lipinski definition) is 5. The molecule has 0 saturated carbocycles. The summed E-state index contributed by atoms with van der Waals surface area (Å²) in [5.74, 6) is -0.148. The number of nitrogens with zero attached hydrogens (tertiary/aromatic N) is 2. The minimum Gasteiger partial charge on any atom is -0.496 e. The van der Waals surface area contributed by atoms with Gasteiger partial charge in [0.05, 0.1) is 26.3 Å². The Morgan fingerprint density at radius 2 is 1.96 bits per heavy atom. The Hall–Kier alpha value is -2.83. The van der Waals surface area contributed by atoms with Crippen LogP contribution in [0.5, 0.6) is 5.75 Å². The fourth-order valence-electron chi connectivity index (χ4n) is 2.63. The molecule has 2 aromatic rings. The van der Waals surface area contributed by atoms with E-state index in [1.54, 1.807) is 22.9 Å². The van der Waals surface area contributed by atoms with E-state index in [-0.39, 0.29) is 12.3 Å². The molecule has 1 N–H and O–H groups in total. The van der Waals surface area contributed by atoms with Crippen molar-refractivity contribution in [3.8, 4) is 5.75 Å². The van der Waals surface area contributed by atoms with E-state index in [4.69, 9.17) is 9.47 Å². The molecular formula is C18H23N3O4. The molecule has 0 atom stereocenters. The van der Waals surface area contributed by atoms with Gasteiger partial charge in [-0.25, -0.2) is 4.79 Å². The summed E-state index contributed by atoms with van der Waals surface area (Å²) in [5.41, 5.74) is 3.88. The zero-order valence-electron chi connectivity index (χ0n) is 15.2. The fraction of sp³-hybridized carbons (Fsp3) is 0.389. The van der Waals surface area contributed by atoms with E-state index >= 15 is 0 Å². The van der Waals surface area contributed by atoms with Crippen LogP contribution in [0.1, 0.15) is 32.9 Å². The third-order valence-corrected chi connectivity index (χ3v) is 4.16. The Labute approximate surface area is 146 Å². The Kier molecular flexibility index (Phi) is 5.80. The molecule has 1 aromatic carbocycles. The second kappa shape index (κ2) is 7.83. The molecule has 0 aliphatic heterocycles. The summed E-state index contributed by atoms with van der Waals surface area (Å²) in [4.78, 5) is 24.0. The van der Waals surface area contributed by atoms with Gasteiger partial charge < -0.3 is 14.8 Å². The minimum absolute atomic E-state index is 0.102. The van der Waals surface area contributed by atoms with Crippen molar-refractivity contribution in [1.82, 2.24) is 15.1 Å². The lowest BCUT2D eigenvalue weighted by atomic mass is 10.1. The van der Waals surface area contributed by atoms with Crippen LogP contribution in [0.4, 0.5) is 0 Å². The zero-order chi connectivity index (χ0) is 18.6. The highest BCUT2D eigenvalue weighted by molar-refractivity contribution is 5.92. The molecule has 134 valence electrons. The molecule has 0 saturated heterocycles. The van der Waals surface area contributed by atoms with Crippen LogP contribution in [0.15, 0.2) is 18.2 Å². The molecule has 7 heteroatoms. The van der Waals surface area contributed by atoms with Crippen LogP contribution in [-0.2, 0) is 29.5 Å². The highest BCUT2D eigenvalue weighted by Crippen LogP contribution is 2.21. The predicted octanol–water partition coefficient (Wildman–Crippen LogP) is 1.69. The summed E-state index contributed by atoms with van der Waals surface area (Å²) in [7, 11) is 4.66. The molecule has 0 fully saturated rings. The van der Waals surface area contributed by atoms with Gasteiger partial charge in [-0.15, -0.1) is 0 Å². The summed E-state index contributed by atoms with van der Waals surface area (Å²) >= 11 is 0. The van der Waals surface area contributed by atoms with Gasteiger partial charge in [0.2, 0.25) is 5.91 Å². The van der Waals surface area contributed by atoms with Crippen molar-refractivity contribution in [3.05, 3.63) is 46.3 Å². The van der Waals surface area contributed by atoms with Crippen molar-refractivity contribution in [2.75, 3.05) is 14.2 Å². The van der Waals surface area contributed by atoms with Gasteiger partial charge in [-0.2, -0.15) is 5.10 Å². The standard InChI is InChI=1S/C18H23N3O4/c1-11-14(12(2)21(3)20-11)9-17(22)19-10-13-6-7-16(24-4)15(8-13)18(23)25-5/h6-8H,9-10H2,1-5H3,(H,19,22). The largest absolute Gasteiger partial charge is 0.496 e. The van der Waals surface area contributed by atoms with Crippen LogP contribution in [0.3, 0.4) is 0 Å². The van der Waals surface area contributed by atoms with E-state index in [1.165, 1.54) is 14.2 Å². The molecule has 0 aliphatic rings. The van der Waals surface area contributed by atoms with Gasteiger partial charge in [0.25, 0.3) is 0 Å². The number of benzene rings is 1. The quantitative estimate of drug-likeness (QED) is 0.806. The van der Waals surface area contributed by atoms with Gasteiger partial charge in [0, 0.05) is 24.8 Å². The Bertz CT molecular complexity index is 796. The number of amides is 1. The first-order chi connectivity index (χ1) is 11.9. The van der Waals surface area contributed by atoms with E-state index in [2.05, 4.69) is 10.4 Å². The number of nitrogens with one attached hydrogen (secondary N) is 1. The maximum absolute atomic E-state index is 12.2. The third-order valence-electron chi connectivity index (χ3n) is 4.16. The molecule has 2 rings (SSSR count). The number of methoxy groups -OCH3 is 2. The number of carbonyl (C=O) groups excluding carboxylic acids is 2. The first-order valence-electron chi connectivity index (χ1n) is 7.88. The summed E-state index contributed by atoms with van der Waals surface area (Å²) in [6.07, 6.45) is 0.269. The second-order valence-corrected chi connectivity index (χ2v) is 5.75. The number of aryl methyl sites for hydroxylation is 2. The van der Waals surface area contributed by atoms with E-state index in [1.807, 2.05) is 20.9 Å². The second-order valence-electron chi connectivity index (χ2n) is 5.75. The summed E-state index contributed by atoms with van der Waals surface area (Å²) in [6.45, 7) is 4.14. The molecule has 0 aliphatic carbocycles. The van der Waals surface area contributed by atoms with E-state index < -0.39 is 5.97 Å². The van der Waals surface area contributed by atoms with Gasteiger partial charge >= 0.3 is 5.97 Å². The molecule has 1 heterocycles. The van der Waals surface area contributed by atoms with Crippen molar-refractivity contribution in [3.63, 3.8) is 0 Å². The van der Waals surface area contributed by atoms with Crippen LogP contribution in [0, 0.1) is 13.8 Å². The normalized spacial score (nSPS) is 10.4. The number of hydrogen-bond donors (Lipinski definition) is 1. The van der Waals surface area contributed by atoms with Gasteiger partial charge in [-0.1, -0.05) is 6.07 Å². The average molecular weight is 345 g/mol. The Balaban J connectivity index is 2.05. The molecule has 1 aromatic heterocycles. The number of esters is 1. The number of carbonyl (C=O) groups is 2. The number of aromatic nitrogens is 2. The molecule has 0 bridgehead atoms. The summed E-state index contributed by atoms with van der Waals surface area (Å²) < 4.78 is 11.7.